The number of anilines is 1. The van der Waals surface area contributed by atoms with Gasteiger partial charge in [-0.1, -0.05) is 32.0 Å². The number of rotatable bonds is 5. The summed E-state index contributed by atoms with van der Waals surface area (Å²) in [5.41, 5.74) is 1.69. The summed E-state index contributed by atoms with van der Waals surface area (Å²) in [6, 6.07) is 6.65. The summed E-state index contributed by atoms with van der Waals surface area (Å²) in [6.07, 6.45) is 2.98. The predicted molar refractivity (Wildman–Crippen MR) is 162 cm³/mol. The van der Waals surface area contributed by atoms with Crippen molar-refractivity contribution in [1.29, 1.82) is 0 Å². The molecule has 42 heavy (non-hydrogen) atoms. The van der Waals surface area contributed by atoms with Crippen molar-refractivity contribution in [3.05, 3.63) is 81.8 Å². The summed E-state index contributed by atoms with van der Waals surface area (Å²) in [6.45, 7) is 14.1. The van der Waals surface area contributed by atoms with Crippen LogP contribution in [0.4, 0.5) is 10.2 Å². The van der Waals surface area contributed by atoms with Gasteiger partial charge in [-0.15, -0.1) is 0 Å². The Morgan fingerprint density at radius 1 is 1.17 bits per heavy atom. The second-order valence-electron chi connectivity index (χ2n) is 11.0. The van der Waals surface area contributed by atoms with E-state index in [1.807, 2.05) is 39.5 Å². The van der Waals surface area contributed by atoms with Crippen molar-refractivity contribution in [2.45, 2.75) is 52.6 Å². The number of carbonyl (C=O) groups is 1. The molecule has 1 aromatic carbocycles. The molecule has 9 nitrogen and oxygen atoms in total. The van der Waals surface area contributed by atoms with Crippen molar-refractivity contribution in [2.75, 3.05) is 18.0 Å². The average molecular weight is 591 g/mol. The maximum absolute atomic E-state index is 15.0. The predicted octanol–water partition coefficient (Wildman–Crippen LogP) is 5.38. The van der Waals surface area contributed by atoms with Crippen LogP contribution < -0.4 is 10.6 Å². The van der Waals surface area contributed by atoms with Crippen LogP contribution in [0.25, 0.3) is 28.0 Å². The normalized spacial score (nSPS) is 17.2. The lowest BCUT2D eigenvalue weighted by atomic mass is 10.0. The lowest BCUT2D eigenvalue weighted by Crippen LogP contribution is -2.58. The molecule has 1 fully saturated rings. The van der Waals surface area contributed by atoms with Gasteiger partial charge in [-0.2, -0.15) is 4.98 Å². The van der Waals surface area contributed by atoms with Gasteiger partial charge >= 0.3 is 5.69 Å². The Kier molecular flexibility index (Phi) is 7.76. The first-order chi connectivity index (χ1) is 19.9. The van der Waals surface area contributed by atoms with E-state index in [2.05, 4.69) is 16.5 Å². The van der Waals surface area contributed by atoms with Crippen LogP contribution in [0.2, 0.25) is 5.02 Å². The number of halogens is 2. The van der Waals surface area contributed by atoms with Crippen molar-refractivity contribution in [3.63, 3.8) is 0 Å². The minimum atomic E-state index is -0.629. The summed E-state index contributed by atoms with van der Waals surface area (Å²) in [5, 5.41) is 10.7. The van der Waals surface area contributed by atoms with E-state index < -0.39 is 11.5 Å². The molecule has 0 aliphatic carbocycles. The molecule has 1 N–H and O–H groups in total. The molecular weight excluding hydrogens is 559 g/mol. The minimum absolute atomic E-state index is 0.00945. The molecule has 0 bridgehead atoms. The molecule has 4 aromatic rings. The second kappa shape index (κ2) is 11.2. The number of benzene rings is 1. The molecule has 11 heteroatoms. The SMILES string of the molecule is C=CC(=O)N1CC(C)N(c2nc(=O)n(-c3c(C)ccnc3C(C)C)c3nc(-c4cc(O)ccc4F)c(Cl)cc23)CC1C. The number of hydrogen-bond acceptors (Lipinski definition) is 7. The van der Waals surface area contributed by atoms with Crippen molar-refractivity contribution in [3.8, 4) is 22.7 Å². The highest BCUT2D eigenvalue weighted by Crippen LogP contribution is 2.37. The number of fused-ring (bicyclic) bond motifs is 1. The molecule has 1 saturated heterocycles. The van der Waals surface area contributed by atoms with Gasteiger partial charge in [0, 0.05) is 36.9 Å². The van der Waals surface area contributed by atoms with Crippen LogP contribution in [0, 0.1) is 12.7 Å². The third kappa shape index (κ3) is 5.00. The standard InChI is InChI=1S/C31H32ClFN6O3/c1-7-25(41)37-14-19(6)38(15-18(37)5)29-22-13-23(32)27(21-12-20(40)8-9-24(21)33)35-30(22)39(31(42)36-29)28-17(4)10-11-34-26(28)16(2)3/h7-13,16,18-19,40H,1,14-15H2,2-6H3. The van der Waals surface area contributed by atoms with Gasteiger partial charge in [0.2, 0.25) is 5.91 Å². The maximum atomic E-state index is 15.0. The quantitative estimate of drug-likeness (QED) is 0.311. The number of aromatic hydroxyl groups is 1. The van der Waals surface area contributed by atoms with Crippen LogP contribution in [0.3, 0.4) is 0 Å². The van der Waals surface area contributed by atoms with Gasteiger partial charge in [0.1, 0.15) is 17.4 Å². The van der Waals surface area contributed by atoms with Crippen LogP contribution in [0.5, 0.6) is 5.75 Å². The first kappa shape index (κ1) is 29.2. The fraction of sp³-hybridized carbons (Fsp3) is 0.323. The topological polar surface area (TPSA) is 104 Å². The molecular formula is C31H32ClFN6O3. The molecule has 1 aliphatic heterocycles. The first-order valence-electron chi connectivity index (χ1n) is 13.7. The van der Waals surface area contributed by atoms with Gasteiger partial charge in [-0.05, 0) is 68.7 Å². The fourth-order valence-electron chi connectivity index (χ4n) is 5.54. The smallest absolute Gasteiger partial charge is 0.355 e. The van der Waals surface area contributed by atoms with E-state index in [0.29, 0.717) is 35.7 Å². The summed E-state index contributed by atoms with van der Waals surface area (Å²) in [4.78, 5) is 44.1. The van der Waals surface area contributed by atoms with E-state index in [1.54, 1.807) is 23.2 Å². The first-order valence-corrected chi connectivity index (χ1v) is 14.1. The highest BCUT2D eigenvalue weighted by atomic mass is 35.5. The zero-order valence-corrected chi connectivity index (χ0v) is 24.9. The number of phenols is 1. The highest BCUT2D eigenvalue weighted by molar-refractivity contribution is 6.34. The lowest BCUT2D eigenvalue weighted by Gasteiger charge is -2.44. The lowest BCUT2D eigenvalue weighted by molar-refractivity contribution is -0.128. The zero-order chi connectivity index (χ0) is 30.5. The number of aromatic nitrogens is 4. The summed E-state index contributed by atoms with van der Waals surface area (Å²) in [7, 11) is 0. The molecule has 5 rings (SSSR count). The average Bonchev–Trinajstić information content (AvgIpc) is 2.95. The van der Waals surface area contributed by atoms with E-state index in [-0.39, 0.29) is 51.6 Å². The molecule has 2 atom stereocenters. The van der Waals surface area contributed by atoms with Gasteiger partial charge in [0.25, 0.3) is 0 Å². The zero-order valence-electron chi connectivity index (χ0n) is 24.1. The molecule has 0 spiro atoms. The van der Waals surface area contributed by atoms with Crippen LogP contribution in [-0.2, 0) is 4.79 Å². The van der Waals surface area contributed by atoms with Gasteiger partial charge < -0.3 is 14.9 Å². The van der Waals surface area contributed by atoms with Crippen molar-refractivity contribution < 1.29 is 14.3 Å². The molecule has 3 aromatic heterocycles. The Bertz CT molecular complexity index is 1790. The molecule has 1 aliphatic rings. The van der Waals surface area contributed by atoms with Gasteiger partial charge in [-0.3, -0.25) is 9.78 Å². The van der Waals surface area contributed by atoms with Gasteiger partial charge in [0.15, 0.2) is 5.65 Å². The van der Waals surface area contributed by atoms with Crippen LogP contribution >= 0.6 is 11.6 Å². The van der Waals surface area contributed by atoms with E-state index >= 15 is 4.39 Å². The monoisotopic (exact) mass is 590 g/mol. The fourth-order valence-corrected chi connectivity index (χ4v) is 5.79. The van der Waals surface area contributed by atoms with Crippen LogP contribution in [0.15, 0.2) is 54.0 Å². The summed E-state index contributed by atoms with van der Waals surface area (Å²) >= 11 is 6.75. The number of carbonyl (C=O) groups excluding carboxylic acids is 1. The molecule has 0 radical (unpaired) electrons. The van der Waals surface area contributed by atoms with Crippen molar-refractivity contribution in [1.82, 2.24) is 24.4 Å². The largest absolute Gasteiger partial charge is 0.508 e. The summed E-state index contributed by atoms with van der Waals surface area (Å²) < 4.78 is 16.4. The Morgan fingerprint density at radius 3 is 2.60 bits per heavy atom. The number of phenolic OH excluding ortho intramolecular Hbond substituents is 1. The number of pyridine rings is 2. The summed E-state index contributed by atoms with van der Waals surface area (Å²) in [5.74, 6) is -0.625. The van der Waals surface area contributed by atoms with Crippen molar-refractivity contribution in [2.24, 2.45) is 0 Å². The number of hydrogen-bond donors (Lipinski definition) is 1. The number of piperazine rings is 1. The van der Waals surface area contributed by atoms with E-state index in [1.165, 1.54) is 22.8 Å². The van der Waals surface area contributed by atoms with Crippen molar-refractivity contribution >= 4 is 34.4 Å². The third-order valence-corrected chi connectivity index (χ3v) is 7.94. The minimum Gasteiger partial charge on any atom is -0.508 e. The maximum Gasteiger partial charge on any atom is 0.355 e. The molecule has 0 saturated carbocycles. The molecule has 218 valence electrons. The Balaban J connectivity index is 1.84. The van der Waals surface area contributed by atoms with E-state index in [9.17, 15) is 14.7 Å². The van der Waals surface area contributed by atoms with Gasteiger partial charge in [-0.25, -0.2) is 18.7 Å². The van der Waals surface area contributed by atoms with Crippen LogP contribution in [-0.4, -0.2) is 60.6 Å². The molecule has 4 heterocycles. The molecule has 1 amide bonds. The number of nitrogens with zero attached hydrogens (tertiary/aromatic N) is 6. The Morgan fingerprint density at radius 2 is 1.90 bits per heavy atom. The third-order valence-electron chi connectivity index (χ3n) is 7.65. The highest BCUT2D eigenvalue weighted by Gasteiger charge is 2.34. The second-order valence-corrected chi connectivity index (χ2v) is 11.4. The Hall–Kier alpha value is -4.31. The van der Waals surface area contributed by atoms with E-state index in [0.717, 1.165) is 11.6 Å². The number of amides is 1. The number of aryl methyl sites for hydroxylation is 1. The van der Waals surface area contributed by atoms with Crippen LogP contribution in [0.1, 0.15) is 44.9 Å². The van der Waals surface area contributed by atoms with E-state index in [4.69, 9.17) is 16.6 Å². The molecule has 2 unspecified atom stereocenters. The Labute approximate surface area is 247 Å². The van der Waals surface area contributed by atoms with Gasteiger partial charge in [0.05, 0.1) is 27.5 Å².